The molecule has 1 aromatic carbocycles. The van der Waals surface area contributed by atoms with E-state index in [-0.39, 0.29) is 11.1 Å². The number of carbonyl (C=O) groups excluding carboxylic acids is 2. The normalized spacial score (nSPS) is 14.1. The summed E-state index contributed by atoms with van der Waals surface area (Å²) in [6.45, 7) is 0. The largest absolute Gasteiger partial charge is 0.497 e. The molecule has 4 N–H and O–H groups in total. The molecular formula is C20H19N3O4S. The summed E-state index contributed by atoms with van der Waals surface area (Å²) in [6, 6.07) is 6.83. The summed E-state index contributed by atoms with van der Waals surface area (Å²) in [5.74, 6) is -0.566. The Kier molecular flexibility index (Phi) is 4.64. The van der Waals surface area contributed by atoms with E-state index in [2.05, 4.69) is 4.99 Å². The molecule has 8 heteroatoms. The third-order valence-corrected chi connectivity index (χ3v) is 6.01. The van der Waals surface area contributed by atoms with Gasteiger partial charge in [0.2, 0.25) is 5.55 Å². The number of amides is 2. The van der Waals surface area contributed by atoms with Crippen molar-refractivity contribution in [1.82, 2.24) is 0 Å². The van der Waals surface area contributed by atoms with Crippen molar-refractivity contribution in [3.8, 4) is 5.75 Å². The molecule has 0 bridgehead atoms. The maximum absolute atomic E-state index is 12.1. The molecule has 7 nitrogen and oxygen atoms in total. The highest BCUT2D eigenvalue weighted by atomic mass is 32.1. The number of rotatable bonds is 4. The van der Waals surface area contributed by atoms with Gasteiger partial charge in [-0.3, -0.25) is 9.59 Å². The highest BCUT2D eigenvalue weighted by Gasteiger charge is 2.24. The average Bonchev–Trinajstić information content (AvgIpc) is 3.04. The number of hydrogen-bond donors (Lipinski definition) is 2. The molecule has 0 saturated carbocycles. The number of fused-ring (bicyclic) bond motifs is 2. The Morgan fingerprint density at radius 1 is 1.14 bits per heavy atom. The molecule has 0 aliphatic heterocycles. The summed E-state index contributed by atoms with van der Waals surface area (Å²) in [5, 5.41) is 1.12. The van der Waals surface area contributed by atoms with E-state index >= 15 is 0 Å². The van der Waals surface area contributed by atoms with Crippen molar-refractivity contribution >= 4 is 39.1 Å². The lowest BCUT2D eigenvalue weighted by atomic mass is 9.95. The van der Waals surface area contributed by atoms with Crippen molar-refractivity contribution in [3.63, 3.8) is 0 Å². The molecule has 0 unspecified atom stereocenters. The number of aryl methyl sites for hydroxylation is 1. The highest BCUT2D eigenvalue weighted by molar-refractivity contribution is 7.16. The zero-order chi connectivity index (χ0) is 19.8. The zero-order valence-corrected chi connectivity index (χ0v) is 16.1. The molecule has 4 rings (SSSR count). The lowest BCUT2D eigenvalue weighted by Crippen LogP contribution is -2.22. The van der Waals surface area contributed by atoms with Gasteiger partial charge in [0.1, 0.15) is 21.9 Å². The first-order valence-electron chi connectivity index (χ1n) is 8.88. The minimum atomic E-state index is -0.672. The fourth-order valence-electron chi connectivity index (χ4n) is 3.47. The Labute approximate surface area is 164 Å². The summed E-state index contributed by atoms with van der Waals surface area (Å²) >= 11 is 1.42. The van der Waals surface area contributed by atoms with Crippen molar-refractivity contribution in [2.45, 2.75) is 25.7 Å². The Hall–Kier alpha value is -3.13. The van der Waals surface area contributed by atoms with Gasteiger partial charge in [0.25, 0.3) is 11.8 Å². The lowest BCUT2D eigenvalue weighted by Gasteiger charge is -2.10. The second-order valence-corrected chi connectivity index (χ2v) is 7.68. The van der Waals surface area contributed by atoms with Crippen LogP contribution in [0.2, 0.25) is 0 Å². The second kappa shape index (κ2) is 7.12. The van der Waals surface area contributed by atoms with Gasteiger partial charge in [-0.2, -0.15) is 0 Å². The Balaban J connectivity index is 1.97. The maximum Gasteiger partial charge on any atom is 0.254 e. The van der Waals surface area contributed by atoms with E-state index in [1.54, 1.807) is 31.4 Å². The Bertz CT molecular complexity index is 1180. The standard InChI is InChI=1S/C20H19N3O4S/c1-26-11-6-7-14-10(8-11)9-13(17(21)24)19(27-14)23-20-16(18(22)25)12-4-2-3-5-15(12)28-20/h6-9H,2-5H2,1H3,(H2,21,24)(H2,22,25)/b23-19-. The zero-order valence-electron chi connectivity index (χ0n) is 15.3. The monoisotopic (exact) mass is 397 g/mol. The van der Waals surface area contributed by atoms with Crippen LogP contribution in [0.4, 0.5) is 5.00 Å². The van der Waals surface area contributed by atoms with Crippen LogP contribution in [0.3, 0.4) is 0 Å². The van der Waals surface area contributed by atoms with E-state index in [1.165, 1.54) is 11.3 Å². The van der Waals surface area contributed by atoms with Crippen LogP contribution in [0.15, 0.2) is 33.7 Å². The summed E-state index contributed by atoms with van der Waals surface area (Å²) in [6.07, 6.45) is 3.78. The number of methoxy groups -OCH3 is 1. The van der Waals surface area contributed by atoms with Crippen LogP contribution < -0.4 is 21.8 Å². The molecule has 0 atom stereocenters. The minimum Gasteiger partial charge on any atom is -0.497 e. The van der Waals surface area contributed by atoms with Crippen LogP contribution in [-0.4, -0.2) is 18.9 Å². The molecule has 2 heterocycles. The van der Waals surface area contributed by atoms with E-state index in [0.29, 0.717) is 27.3 Å². The van der Waals surface area contributed by atoms with Gasteiger partial charge in [0, 0.05) is 10.3 Å². The quantitative estimate of drug-likeness (QED) is 0.703. The molecule has 0 spiro atoms. The smallest absolute Gasteiger partial charge is 0.254 e. The molecule has 3 aromatic rings. The van der Waals surface area contributed by atoms with Crippen molar-refractivity contribution in [3.05, 3.63) is 51.4 Å². The number of nitrogens with zero attached hydrogens (tertiary/aromatic N) is 1. The Morgan fingerprint density at radius 2 is 1.93 bits per heavy atom. The third kappa shape index (κ3) is 3.16. The van der Waals surface area contributed by atoms with Crippen LogP contribution >= 0.6 is 11.3 Å². The molecule has 1 aliphatic carbocycles. The van der Waals surface area contributed by atoms with E-state index in [0.717, 1.165) is 36.1 Å². The van der Waals surface area contributed by atoms with Crippen molar-refractivity contribution < 1.29 is 18.7 Å². The van der Waals surface area contributed by atoms with Gasteiger partial charge in [-0.25, -0.2) is 4.99 Å². The first kappa shape index (κ1) is 18.2. The lowest BCUT2D eigenvalue weighted by molar-refractivity contribution is 0.0990. The molecule has 28 heavy (non-hydrogen) atoms. The molecular weight excluding hydrogens is 378 g/mol. The van der Waals surface area contributed by atoms with Gasteiger partial charge in [-0.1, -0.05) is 0 Å². The van der Waals surface area contributed by atoms with Crippen LogP contribution in [0.1, 0.15) is 44.0 Å². The minimum absolute atomic E-state index is 0.0614. The molecule has 0 fully saturated rings. The highest BCUT2D eigenvalue weighted by Crippen LogP contribution is 2.39. The van der Waals surface area contributed by atoms with Crippen molar-refractivity contribution in [1.29, 1.82) is 0 Å². The number of hydrogen-bond acceptors (Lipinski definition) is 6. The van der Waals surface area contributed by atoms with Gasteiger partial charge in [-0.15, -0.1) is 11.3 Å². The molecule has 0 saturated heterocycles. The summed E-state index contributed by atoms with van der Waals surface area (Å²) in [7, 11) is 1.56. The predicted octanol–water partition coefficient (Wildman–Crippen LogP) is 2.81. The first-order valence-corrected chi connectivity index (χ1v) is 9.70. The summed E-state index contributed by atoms with van der Waals surface area (Å²) < 4.78 is 11.1. The predicted molar refractivity (Wildman–Crippen MR) is 106 cm³/mol. The van der Waals surface area contributed by atoms with E-state index < -0.39 is 11.8 Å². The van der Waals surface area contributed by atoms with Crippen LogP contribution in [0.5, 0.6) is 5.75 Å². The number of carbonyl (C=O) groups is 2. The topological polar surface area (TPSA) is 121 Å². The number of thiophene rings is 1. The number of primary amides is 2. The van der Waals surface area contributed by atoms with Crippen molar-refractivity contribution in [2.75, 3.05) is 7.11 Å². The number of ether oxygens (including phenoxy) is 1. The third-order valence-electron chi connectivity index (χ3n) is 4.82. The van der Waals surface area contributed by atoms with Gasteiger partial charge in [-0.05, 0) is 55.5 Å². The van der Waals surface area contributed by atoms with E-state index in [4.69, 9.17) is 20.6 Å². The SMILES string of the molecule is COc1ccc2o/c(=N\c3sc4c(c3C(N)=O)CCCC4)c(C(N)=O)cc2c1. The average molecular weight is 397 g/mol. The van der Waals surface area contributed by atoms with Gasteiger partial charge in [0.05, 0.1) is 12.7 Å². The molecule has 2 amide bonds. The van der Waals surface area contributed by atoms with Gasteiger partial charge in [0.15, 0.2) is 0 Å². The van der Waals surface area contributed by atoms with Crippen LogP contribution in [-0.2, 0) is 12.8 Å². The summed E-state index contributed by atoms with van der Waals surface area (Å²) in [5.41, 5.74) is 13.3. The van der Waals surface area contributed by atoms with Gasteiger partial charge >= 0.3 is 0 Å². The van der Waals surface area contributed by atoms with Crippen LogP contribution in [0.25, 0.3) is 11.0 Å². The maximum atomic E-state index is 12.1. The summed E-state index contributed by atoms with van der Waals surface area (Å²) in [4.78, 5) is 29.7. The van der Waals surface area contributed by atoms with Crippen LogP contribution in [0, 0.1) is 0 Å². The molecule has 2 aromatic heterocycles. The van der Waals surface area contributed by atoms with Crippen molar-refractivity contribution in [2.24, 2.45) is 16.5 Å². The Morgan fingerprint density at radius 3 is 2.64 bits per heavy atom. The second-order valence-electron chi connectivity index (χ2n) is 6.60. The fraction of sp³-hybridized carbons (Fsp3) is 0.250. The number of benzene rings is 1. The van der Waals surface area contributed by atoms with Gasteiger partial charge < -0.3 is 20.6 Å². The fourth-order valence-corrected chi connectivity index (χ4v) is 4.73. The molecule has 144 valence electrons. The van der Waals surface area contributed by atoms with E-state index in [1.807, 2.05) is 0 Å². The molecule has 0 radical (unpaired) electrons. The van der Waals surface area contributed by atoms with E-state index in [9.17, 15) is 9.59 Å². The number of nitrogens with two attached hydrogens (primary N) is 2. The molecule has 1 aliphatic rings. The first-order chi connectivity index (χ1) is 13.5.